The molecule has 0 bridgehead atoms. The van der Waals surface area contributed by atoms with Crippen molar-refractivity contribution in [1.29, 1.82) is 0 Å². The summed E-state index contributed by atoms with van der Waals surface area (Å²) < 4.78 is 16.0. The van der Waals surface area contributed by atoms with Crippen molar-refractivity contribution in [2.24, 2.45) is 0 Å². The largest absolute Gasteiger partial charge is 0.495 e. The summed E-state index contributed by atoms with van der Waals surface area (Å²) in [5, 5.41) is 4.00. The number of carbonyl (C=O) groups excluding carboxylic acids is 2. The van der Waals surface area contributed by atoms with Crippen molar-refractivity contribution in [1.82, 2.24) is 0 Å². The van der Waals surface area contributed by atoms with Crippen LogP contribution in [-0.2, 0) is 14.9 Å². The van der Waals surface area contributed by atoms with E-state index in [4.69, 9.17) is 25.5 Å². The van der Waals surface area contributed by atoms with E-state index in [1.165, 1.54) is 7.11 Å². The molecule has 0 aliphatic heterocycles. The Balaban J connectivity index is 1.71. The van der Waals surface area contributed by atoms with Gasteiger partial charge in [-0.25, -0.2) is 4.79 Å². The Morgan fingerprint density at radius 2 is 1.87 bits per heavy atom. The smallest absolute Gasteiger partial charge is 0.375 e. The lowest BCUT2D eigenvalue weighted by Crippen LogP contribution is -2.22. The number of methoxy groups -OCH3 is 1. The maximum atomic E-state index is 12.4. The van der Waals surface area contributed by atoms with Gasteiger partial charge in [0.05, 0.1) is 12.8 Å². The maximum Gasteiger partial charge on any atom is 0.375 e. The van der Waals surface area contributed by atoms with Crippen molar-refractivity contribution in [3.05, 3.63) is 58.3 Å². The maximum absolute atomic E-state index is 12.4. The second-order valence-electron chi connectivity index (χ2n) is 7.99. The highest BCUT2D eigenvalue weighted by Gasteiger charge is 2.21. The summed E-state index contributed by atoms with van der Waals surface area (Å²) in [6.45, 7) is 7.50. The van der Waals surface area contributed by atoms with Crippen LogP contribution in [0.4, 0.5) is 5.69 Å². The van der Waals surface area contributed by atoms with E-state index in [0.29, 0.717) is 27.6 Å². The molecule has 0 atom stereocenters. The molecule has 3 rings (SSSR count). The second-order valence-corrected chi connectivity index (χ2v) is 8.42. The summed E-state index contributed by atoms with van der Waals surface area (Å²) in [6.07, 6.45) is 0. The average Bonchev–Trinajstić information content (AvgIpc) is 3.01. The fraction of sp³-hybridized carbons (Fsp3) is 0.304. The zero-order chi connectivity index (χ0) is 22.1. The van der Waals surface area contributed by atoms with Crippen LogP contribution in [0.15, 0.2) is 40.8 Å². The lowest BCUT2D eigenvalue weighted by Gasteiger charge is -2.21. The van der Waals surface area contributed by atoms with Crippen molar-refractivity contribution in [3.8, 4) is 5.75 Å². The Bertz CT molecular complexity index is 1110. The third-order valence-electron chi connectivity index (χ3n) is 4.76. The van der Waals surface area contributed by atoms with Crippen LogP contribution < -0.4 is 10.1 Å². The quantitative estimate of drug-likeness (QED) is 0.542. The molecule has 6 nitrogen and oxygen atoms in total. The van der Waals surface area contributed by atoms with Gasteiger partial charge in [-0.1, -0.05) is 38.4 Å². The average molecular weight is 430 g/mol. The molecule has 3 aromatic rings. The predicted molar refractivity (Wildman–Crippen MR) is 117 cm³/mol. The van der Waals surface area contributed by atoms with Crippen LogP contribution in [0.3, 0.4) is 0 Å². The number of hydrogen-bond acceptors (Lipinski definition) is 5. The number of halogens is 1. The highest BCUT2D eigenvalue weighted by Crippen LogP contribution is 2.31. The number of fused-ring (bicyclic) bond motifs is 1. The summed E-state index contributed by atoms with van der Waals surface area (Å²) in [7, 11) is 1.53. The summed E-state index contributed by atoms with van der Waals surface area (Å²) in [4.78, 5) is 24.8. The molecule has 158 valence electrons. The second kappa shape index (κ2) is 8.40. The molecule has 2 aromatic carbocycles. The summed E-state index contributed by atoms with van der Waals surface area (Å²) >= 11 is 6.00. The van der Waals surface area contributed by atoms with E-state index < -0.39 is 18.5 Å². The fourth-order valence-corrected chi connectivity index (χ4v) is 3.22. The molecule has 0 saturated heterocycles. The van der Waals surface area contributed by atoms with E-state index in [1.807, 2.05) is 12.1 Å². The number of esters is 1. The number of aryl methyl sites for hydroxylation is 1. The normalized spacial score (nSPS) is 11.4. The number of furan rings is 1. The first kappa shape index (κ1) is 21.7. The van der Waals surface area contributed by atoms with Gasteiger partial charge in [0.2, 0.25) is 5.76 Å². The zero-order valence-electron chi connectivity index (χ0n) is 17.6. The minimum Gasteiger partial charge on any atom is -0.495 e. The molecule has 0 aliphatic carbocycles. The molecule has 1 aromatic heterocycles. The number of nitrogens with one attached hydrogen (secondary N) is 1. The molecule has 0 saturated carbocycles. The van der Waals surface area contributed by atoms with Gasteiger partial charge in [-0.15, -0.1) is 0 Å². The Morgan fingerprint density at radius 1 is 1.13 bits per heavy atom. The van der Waals surface area contributed by atoms with Crippen LogP contribution in [0.2, 0.25) is 5.02 Å². The van der Waals surface area contributed by atoms with Gasteiger partial charge in [0.1, 0.15) is 11.3 Å². The molecule has 30 heavy (non-hydrogen) atoms. The first-order valence-corrected chi connectivity index (χ1v) is 9.82. The number of benzene rings is 2. The Morgan fingerprint density at radius 3 is 2.53 bits per heavy atom. The molecular weight excluding hydrogens is 406 g/mol. The Labute approximate surface area is 180 Å². The van der Waals surface area contributed by atoms with E-state index >= 15 is 0 Å². The first-order valence-electron chi connectivity index (χ1n) is 9.44. The van der Waals surface area contributed by atoms with Gasteiger partial charge < -0.3 is 19.2 Å². The van der Waals surface area contributed by atoms with Crippen molar-refractivity contribution in [2.75, 3.05) is 19.0 Å². The fourth-order valence-electron chi connectivity index (χ4n) is 3.04. The monoisotopic (exact) mass is 429 g/mol. The van der Waals surface area contributed by atoms with Gasteiger partial charge >= 0.3 is 5.97 Å². The Hall–Kier alpha value is -2.99. The molecule has 0 fully saturated rings. The molecule has 0 aliphatic rings. The molecule has 7 heteroatoms. The highest BCUT2D eigenvalue weighted by atomic mass is 35.5. The number of rotatable bonds is 5. The molecule has 0 radical (unpaired) electrons. The Kier molecular flexibility index (Phi) is 6.08. The van der Waals surface area contributed by atoms with Crippen LogP contribution in [0.5, 0.6) is 5.75 Å². The SMILES string of the molecule is COc1ccc(C(C)(C)C)cc1NC(=O)COC(=O)c1oc2ccc(Cl)cc2c1C. The van der Waals surface area contributed by atoms with Gasteiger partial charge in [-0.05, 0) is 48.2 Å². The topological polar surface area (TPSA) is 77.8 Å². The van der Waals surface area contributed by atoms with Crippen LogP contribution in [0.1, 0.15) is 42.5 Å². The third kappa shape index (κ3) is 4.60. The summed E-state index contributed by atoms with van der Waals surface area (Å²) in [5.74, 6) is -0.630. The van der Waals surface area contributed by atoms with Gasteiger partial charge in [0.15, 0.2) is 6.61 Å². The van der Waals surface area contributed by atoms with Crippen molar-refractivity contribution < 1.29 is 23.5 Å². The molecule has 0 spiro atoms. The standard InChI is InChI=1S/C23H24ClNO5/c1-13-16-11-15(24)7-9-18(16)30-21(13)22(27)29-12-20(26)25-17-10-14(23(2,3)4)6-8-19(17)28-5/h6-11H,12H2,1-5H3,(H,25,26). The summed E-state index contributed by atoms with van der Waals surface area (Å²) in [6, 6.07) is 10.7. The molecule has 1 N–H and O–H groups in total. The van der Waals surface area contributed by atoms with Crippen LogP contribution in [-0.4, -0.2) is 25.6 Å². The molecule has 1 amide bonds. The van der Waals surface area contributed by atoms with Crippen molar-refractivity contribution in [2.45, 2.75) is 33.1 Å². The molecule has 1 heterocycles. The first-order chi connectivity index (χ1) is 14.1. The lowest BCUT2D eigenvalue weighted by atomic mass is 9.87. The van der Waals surface area contributed by atoms with Gasteiger partial charge in [0, 0.05) is 16.0 Å². The third-order valence-corrected chi connectivity index (χ3v) is 4.99. The van der Waals surface area contributed by atoms with E-state index in [2.05, 4.69) is 26.1 Å². The van der Waals surface area contributed by atoms with Crippen LogP contribution in [0.25, 0.3) is 11.0 Å². The highest BCUT2D eigenvalue weighted by molar-refractivity contribution is 6.31. The van der Waals surface area contributed by atoms with Crippen molar-refractivity contribution in [3.63, 3.8) is 0 Å². The van der Waals surface area contributed by atoms with E-state index in [0.717, 1.165) is 10.9 Å². The minimum absolute atomic E-state index is 0.0485. The summed E-state index contributed by atoms with van der Waals surface area (Å²) in [5.41, 5.74) is 2.59. The van der Waals surface area contributed by atoms with Crippen molar-refractivity contribution >= 4 is 40.1 Å². The van der Waals surface area contributed by atoms with Gasteiger partial charge in [-0.3, -0.25) is 4.79 Å². The van der Waals surface area contributed by atoms with E-state index in [-0.39, 0.29) is 11.2 Å². The van der Waals surface area contributed by atoms with Gasteiger partial charge in [-0.2, -0.15) is 0 Å². The predicted octanol–water partition coefficient (Wildman–Crippen LogP) is 5.50. The van der Waals surface area contributed by atoms with Crippen LogP contribution >= 0.6 is 11.6 Å². The number of ether oxygens (including phenoxy) is 2. The minimum atomic E-state index is -0.717. The number of anilines is 1. The number of amides is 1. The number of hydrogen-bond donors (Lipinski definition) is 1. The van der Waals surface area contributed by atoms with Crippen LogP contribution in [0, 0.1) is 6.92 Å². The molecular formula is C23H24ClNO5. The lowest BCUT2D eigenvalue weighted by molar-refractivity contribution is -0.119. The zero-order valence-corrected chi connectivity index (χ0v) is 18.3. The molecule has 0 unspecified atom stereocenters. The number of carbonyl (C=O) groups is 2. The van der Waals surface area contributed by atoms with Gasteiger partial charge in [0.25, 0.3) is 5.91 Å². The van der Waals surface area contributed by atoms with E-state index in [9.17, 15) is 9.59 Å². The van der Waals surface area contributed by atoms with E-state index in [1.54, 1.807) is 31.2 Å².